The van der Waals surface area contributed by atoms with Gasteiger partial charge in [0.15, 0.2) is 6.29 Å². The first-order chi connectivity index (χ1) is 8.99. The van der Waals surface area contributed by atoms with Gasteiger partial charge in [-0.25, -0.2) is 0 Å². The van der Waals surface area contributed by atoms with E-state index >= 15 is 0 Å². The molecule has 1 fully saturated rings. The molecule has 19 heavy (non-hydrogen) atoms. The highest BCUT2D eigenvalue weighted by molar-refractivity contribution is 5.24. The molecule has 1 heterocycles. The highest BCUT2D eigenvalue weighted by Gasteiger charge is 2.30. The van der Waals surface area contributed by atoms with Crippen LogP contribution in [-0.2, 0) is 22.1 Å². The predicted molar refractivity (Wildman–Crippen MR) is 63.4 cm³/mol. The average Bonchev–Trinajstić information content (AvgIpc) is 2.77. The SMILES string of the molecule is NCCC1COC(Cc2ccc(C(F)(F)F)cc2)O1. The lowest BCUT2D eigenvalue weighted by molar-refractivity contribution is -0.137. The van der Waals surface area contributed by atoms with Gasteiger partial charge in [0.25, 0.3) is 0 Å². The minimum absolute atomic E-state index is 0.00977. The molecule has 0 bridgehead atoms. The van der Waals surface area contributed by atoms with Crippen LogP contribution in [0, 0.1) is 0 Å². The van der Waals surface area contributed by atoms with Crippen molar-refractivity contribution in [2.24, 2.45) is 5.73 Å². The number of nitrogens with two attached hydrogens (primary N) is 1. The summed E-state index contributed by atoms with van der Waals surface area (Å²) in [6.45, 7) is 1.02. The Hall–Kier alpha value is -1.11. The number of hydrogen-bond donors (Lipinski definition) is 1. The highest BCUT2D eigenvalue weighted by Crippen LogP contribution is 2.29. The summed E-state index contributed by atoms with van der Waals surface area (Å²) in [6.07, 6.45) is -3.54. The quantitative estimate of drug-likeness (QED) is 0.917. The third-order valence-corrected chi connectivity index (χ3v) is 2.98. The Bertz CT molecular complexity index is 405. The van der Waals surface area contributed by atoms with E-state index in [4.69, 9.17) is 15.2 Å². The first-order valence-electron chi connectivity index (χ1n) is 6.12. The third-order valence-electron chi connectivity index (χ3n) is 2.98. The molecule has 3 nitrogen and oxygen atoms in total. The summed E-state index contributed by atoms with van der Waals surface area (Å²) >= 11 is 0. The highest BCUT2D eigenvalue weighted by atomic mass is 19.4. The van der Waals surface area contributed by atoms with Gasteiger partial charge in [-0.3, -0.25) is 0 Å². The van der Waals surface area contributed by atoms with Crippen LogP contribution in [0.1, 0.15) is 17.5 Å². The number of halogens is 3. The van der Waals surface area contributed by atoms with Gasteiger partial charge in [-0.15, -0.1) is 0 Å². The van der Waals surface area contributed by atoms with Crippen molar-refractivity contribution in [1.82, 2.24) is 0 Å². The number of alkyl halides is 3. The average molecular weight is 275 g/mol. The zero-order valence-electron chi connectivity index (χ0n) is 10.3. The van der Waals surface area contributed by atoms with Crippen LogP contribution in [0.3, 0.4) is 0 Å². The number of hydrogen-bond acceptors (Lipinski definition) is 3. The molecule has 1 aromatic carbocycles. The van der Waals surface area contributed by atoms with Crippen molar-refractivity contribution >= 4 is 0 Å². The van der Waals surface area contributed by atoms with Crippen LogP contribution in [-0.4, -0.2) is 25.5 Å². The normalized spacial score (nSPS) is 23.8. The van der Waals surface area contributed by atoms with E-state index in [0.29, 0.717) is 19.6 Å². The van der Waals surface area contributed by atoms with E-state index in [1.807, 2.05) is 0 Å². The second kappa shape index (κ2) is 5.90. The molecule has 0 spiro atoms. The molecule has 0 radical (unpaired) electrons. The Morgan fingerprint density at radius 1 is 1.21 bits per heavy atom. The monoisotopic (exact) mass is 275 g/mol. The lowest BCUT2D eigenvalue weighted by atomic mass is 10.1. The molecule has 1 saturated heterocycles. The summed E-state index contributed by atoms with van der Waals surface area (Å²) < 4.78 is 48.2. The molecule has 1 aromatic rings. The molecule has 0 saturated carbocycles. The summed E-state index contributed by atoms with van der Waals surface area (Å²) in [5.41, 5.74) is 5.53. The van der Waals surface area contributed by atoms with Gasteiger partial charge in [0.2, 0.25) is 0 Å². The molecule has 0 amide bonds. The minimum atomic E-state index is -4.30. The van der Waals surface area contributed by atoms with Crippen LogP contribution in [0.5, 0.6) is 0 Å². The predicted octanol–water partition coefficient (Wildman–Crippen LogP) is 2.34. The molecule has 0 aliphatic carbocycles. The summed E-state index contributed by atoms with van der Waals surface area (Å²) in [7, 11) is 0. The third kappa shape index (κ3) is 3.92. The van der Waals surface area contributed by atoms with E-state index in [9.17, 15) is 13.2 Å². The molecule has 106 valence electrons. The van der Waals surface area contributed by atoms with Gasteiger partial charge in [-0.2, -0.15) is 13.2 Å². The minimum Gasteiger partial charge on any atom is -0.350 e. The van der Waals surface area contributed by atoms with Crippen LogP contribution in [0.2, 0.25) is 0 Å². The van der Waals surface area contributed by atoms with Gasteiger partial charge in [-0.1, -0.05) is 12.1 Å². The maximum Gasteiger partial charge on any atom is 0.416 e. The van der Waals surface area contributed by atoms with Crippen LogP contribution in [0.4, 0.5) is 13.2 Å². The van der Waals surface area contributed by atoms with E-state index in [1.165, 1.54) is 12.1 Å². The van der Waals surface area contributed by atoms with Gasteiger partial charge in [-0.05, 0) is 30.7 Å². The van der Waals surface area contributed by atoms with Crippen molar-refractivity contribution < 1.29 is 22.6 Å². The first kappa shape index (κ1) is 14.3. The van der Waals surface area contributed by atoms with Gasteiger partial charge in [0.1, 0.15) is 0 Å². The second-order valence-electron chi connectivity index (χ2n) is 4.50. The lowest BCUT2D eigenvalue weighted by Gasteiger charge is -2.12. The van der Waals surface area contributed by atoms with E-state index in [2.05, 4.69) is 0 Å². The first-order valence-corrected chi connectivity index (χ1v) is 6.12. The Morgan fingerprint density at radius 2 is 1.89 bits per heavy atom. The van der Waals surface area contributed by atoms with Crippen molar-refractivity contribution in [3.05, 3.63) is 35.4 Å². The number of ether oxygens (including phenoxy) is 2. The van der Waals surface area contributed by atoms with Gasteiger partial charge >= 0.3 is 6.18 Å². The van der Waals surface area contributed by atoms with Crippen molar-refractivity contribution in [1.29, 1.82) is 0 Å². The summed E-state index contributed by atoms with van der Waals surface area (Å²) in [5.74, 6) is 0. The molecule has 2 unspecified atom stereocenters. The molecule has 6 heteroatoms. The molecular weight excluding hydrogens is 259 g/mol. The number of benzene rings is 1. The standard InChI is InChI=1S/C13H16F3NO2/c14-13(15,16)10-3-1-9(2-4-10)7-12-18-8-11(19-12)5-6-17/h1-4,11-12H,5-8,17H2. The fraction of sp³-hybridized carbons (Fsp3) is 0.538. The van der Waals surface area contributed by atoms with Gasteiger partial charge < -0.3 is 15.2 Å². The van der Waals surface area contributed by atoms with Crippen LogP contribution < -0.4 is 5.73 Å². The smallest absolute Gasteiger partial charge is 0.350 e. The second-order valence-corrected chi connectivity index (χ2v) is 4.50. The van der Waals surface area contributed by atoms with Crippen molar-refractivity contribution in [2.75, 3.05) is 13.2 Å². The molecule has 2 atom stereocenters. The summed E-state index contributed by atoms with van der Waals surface area (Å²) in [5, 5.41) is 0. The van der Waals surface area contributed by atoms with E-state index in [1.54, 1.807) is 0 Å². The zero-order chi connectivity index (χ0) is 13.9. The molecule has 1 aliphatic heterocycles. The molecule has 1 aliphatic rings. The Labute approximate surface area is 109 Å². The van der Waals surface area contributed by atoms with Crippen molar-refractivity contribution in [3.63, 3.8) is 0 Å². The largest absolute Gasteiger partial charge is 0.416 e. The van der Waals surface area contributed by atoms with Crippen LogP contribution in [0.15, 0.2) is 24.3 Å². The van der Waals surface area contributed by atoms with Gasteiger partial charge in [0.05, 0.1) is 18.3 Å². The van der Waals surface area contributed by atoms with E-state index < -0.39 is 18.0 Å². The fourth-order valence-corrected chi connectivity index (χ4v) is 1.97. The van der Waals surface area contributed by atoms with Crippen LogP contribution >= 0.6 is 0 Å². The van der Waals surface area contributed by atoms with Gasteiger partial charge in [0, 0.05) is 6.42 Å². The number of rotatable bonds is 4. The summed E-state index contributed by atoms with van der Waals surface area (Å²) in [4.78, 5) is 0. The lowest BCUT2D eigenvalue weighted by Crippen LogP contribution is -2.18. The van der Waals surface area contributed by atoms with E-state index in [0.717, 1.165) is 24.1 Å². The topological polar surface area (TPSA) is 44.5 Å². The molecule has 2 rings (SSSR count). The van der Waals surface area contributed by atoms with Crippen molar-refractivity contribution in [2.45, 2.75) is 31.4 Å². The van der Waals surface area contributed by atoms with Crippen molar-refractivity contribution in [3.8, 4) is 0 Å². The van der Waals surface area contributed by atoms with E-state index in [-0.39, 0.29) is 6.10 Å². The molecule has 2 N–H and O–H groups in total. The zero-order valence-corrected chi connectivity index (χ0v) is 10.3. The summed E-state index contributed by atoms with van der Waals surface area (Å²) in [6, 6.07) is 5.04. The van der Waals surface area contributed by atoms with Crippen LogP contribution in [0.25, 0.3) is 0 Å². The molecule has 0 aromatic heterocycles. The Kier molecular flexibility index (Phi) is 4.44. The maximum atomic E-state index is 12.4. The maximum absolute atomic E-state index is 12.4. The Morgan fingerprint density at radius 3 is 2.47 bits per heavy atom. The fourth-order valence-electron chi connectivity index (χ4n) is 1.97. The Balaban J connectivity index is 1.90. The molecular formula is C13H16F3NO2.